The van der Waals surface area contributed by atoms with Crippen LogP contribution in [-0.2, 0) is 0 Å². The van der Waals surface area contributed by atoms with Crippen molar-refractivity contribution in [1.82, 2.24) is 9.97 Å². The van der Waals surface area contributed by atoms with Crippen LogP contribution >= 0.6 is 0 Å². The smallest absolute Gasteiger partial charge is 0.255 e. The Labute approximate surface area is 147 Å². The number of halogens is 2. The number of fused-ring (bicyclic) bond motifs is 1. The maximum absolute atomic E-state index is 13.3. The van der Waals surface area contributed by atoms with Crippen molar-refractivity contribution in [3.8, 4) is 11.4 Å². The first-order valence-electron chi connectivity index (χ1n) is 7.92. The zero-order valence-electron chi connectivity index (χ0n) is 13.5. The minimum atomic E-state index is -1.06. The molecule has 0 unspecified atom stereocenters. The van der Waals surface area contributed by atoms with E-state index in [2.05, 4.69) is 15.3 Å². The largest absolute Gasteiger partial charge is 0.338 e. The van der Waals surface area contributed by atoms with E-state index < -0.39 is 17.5 Å². The van der Waals surface area contributed by atoms with Crippen LogP contribution in [0.2, 0.25) is 0 Å². The van der Waals surface area contributed by atoms with Crippen LogP contribution in [0.1, 0.15) is 10.4 Å². The van der Waals surface area contributed by atoms with E-state index in [4.69, 9.17) is 0 Å². The quantitative estimate of drug-likeness (QED) is 0.560. The predicted molar refractivity (Wildman–Crippen MR) is 95.8 cm³/mol. The molecule has 0 fully saturated rings. The van der Waals surface area contributed by atoms with Crippen molar-refractivity contribution in [2.75, 3.05) is 5.32 Å². The second-order valence-electron chi connectivity index (χ2n) is 5.77. The molecule has 1 amide bonds. The lowest BCUT2D eigenvalue weighted by Crippen LogP contribution is -2.12. The summed E-state index contributed by atoms with van der Waals surface area (Å²) in [5.74, 6) is -1.85. The summed E-state index contributed by atoms with van der Waals surface area (Å²) in [6, 6.07) is 17.9. The lowest BCUT2D eigenvalue weighted by atomic mass is 10.2. The summed E-state index contributed by atoms with van der Waals surface area (Å²) in [5.41, 5.74) is 3.03. The van der Waals surface area contributed by atoms with Crippen LogP contribution in [0, 0.1) is 11.6 Å². The molecule has 26 heavy (non-hydrogen) atoms. The summed E-state index contributed by atoms with van der Waals surface area (Å²) in [4.78, 5) is 19.9. The summed E-state index contributed by atoms with van der Waals surface area (Å²) in [6.45, 7) is 0. The molecule has 2 N–H and O–H groups in total. The Hall–Kier alpha value is -3.54. The van der Waals surface area contributed by atoms with Crippen LogP contribution < -0.4 is 5.32 Å². The lowest BCUT2D eigenvalue weighted by Gasteiger charge is -2.05. The molecule has 6 heteroatoms. The fraction of sp³-hybridized carbons (Fsp3) is 0. The number of anilines is 1. The first-order valence-corrected chi connectivity index (χ1v) is 7.92. The molecule has 0 aliphatic heterocycles. The molecule has 0 saturated carbocycles. The first kappa shape index (κ1) is 16.0. The number of carbonyl (C=O) groups excluding carboxylic acids is 1. The topological polar surface area (TPSA) is 57.8 Å². The van der Waals surface area contributed by atoms with Crippen LogP contribution in [0.4, 0.5) is 14.5 Å². The Bertz CT molecular complexity index is 1110. The Morgan fingerprint density at radius 2 is 1.73 bits per heavy atom. The van der Waals surface area contributed by atoms with E-state index in [9.17, 15) is 13.6 Å². The molecule has 0 saturated heterocycles. The van der Waals surface area contributed by atoms with Gasteiger partial charge >= 0.3 is 0 Å². The summed E-state index contributed by atoms with van der Waals surface area (Å²) in [7, 11) is 0. The molecular formula is C20H13F2N3O. The van der Waals surface area contributed by atoms with Crippen molar-refractivity contribution in [1.29, 1.82) is 0 Å². The fourth-order valence-corrected chi connectivity index (χ4v) is 2.66. The van der Waals surface area contributed by atoms with Crippen molar-refractivity contribution in [2.45, 2.75) is 0 Å². The van der Waals surface area contributed by atoms with Gasteiger partial charge in [-0.15, -0.1) is 0 Å². The minimum Gasteiger partial charge on any atom is -0.338 e. The van der Waals surface area contributed by atoms with Crippen molar-refractivity contribution < 1.29 is 13.6 Å². The van der Waals surface area contributed by atoms with Gasteiger partial charge in [0.1, 0.15) is 5.82 Å². The van der Waals surface area contributed by atoms with Gasteiger partial charge in [-0.1, -0.05) is 30.3 Å². The van der Waals surface area contributed by atoms with E-state index >= 15 is 0 Å². The number of rotatable bonds is 3. The number of hydrogen-bond donors (Lipinski definition) is 2. The molecule has 0 spiro atoms. The molecule has 4 aromatic rings. The number of aromatic nitrogens is 2. The molecular weight excluding hydrogens is 336 g/mol. The second-order valence-corrected chi connectivity index (χ2v) is 5.77. The van der Waals surface area contributed by atoms with E-state index in [1.807, 2.05) is 30.3 Å². The molecule has 0 radical (unpaired) electrons. The molecule has 128 valence electrons. The Kier molecular flexibility index (Phi) is 3.93. The molecule has 0 aliphatic rings. The zero-order valence-corrected chi connectivity index (χ0v) is 13.5. The second kappa shape index (κ2) is 6.40. The highest BCUT2D eigenvalue weighted by atomic mass is 19.2. The average Bonchev–Trinajstić information content (AvgIpc) is 3.08. The summed E-state index contributed by atoms with van der Waals surface area (Å²) < 4.78 is 26.3. The predicted octanol–water partition coefficient (Wildman–Crippen LogP) is 4.76. The highest BCUT2D eigenvalue weighted by molar-refractivity contribution is 6.05. The van der Waals surface area contributed by atoms with Crippen molar-refractivity contribution in [3.05, 3.63) is 83.9 Å². The van der Waals surface area contributed by atoms with Gasteiger partial charge < -0.3 is 10.3 Å². The molecule has 4 rings (SSSR count). The van der Waals surface area contributed by atoms with Gasteiger partial charge in [-0.25, -0.2) is 13.8 Å². The first-order chi connectivity index (χ1) is 12.6. The number of benzene rings is 3. The third-order valence-electron chi connectivity index (χ3n) is 3.97. The van der Waals surface area contributed by atoms with E-state index in [1.54, 1.807) is 18.2 Å². The van der Waals surface area contributed by atoms with Crippen molar-refractivity contribution in [3.63, 3.8) is 0 Å². The number of amides is 1. The highest BCUT2D eigenvalue weighted by Crippen LogP contribution is 2.23. The lowest BCUT2D eigenvalue weighted by molar-refractivity contribution is 0.102. The van der Waals surface area contributed by atoms with Crippen LogP contribution in [0.3, 0.4) is 0 Å². The van der Waals surface area contributed by atoms with Crippen molar-refractivity contribution >= 4 is 22.6 Å². The van der Waals surface area contributed by atoms with Gasteiger partial charge in [0.15, 0.2) is 11.6 Å². The summed E-state index contributed by atoms with van der Waals surface area (Å²) in [6.07, 6.45) is 0. The maximum atomic E-state index is 13.3. The Morgan fingerprint density at radius 3 is 2.50 bits per heavy atom. The Morgan fingerprint density at radius 1 is 0.923 bits per heavy atom. The maximum Gasteiger partial charge on any atom is 0.255 e. The molecule has 1 heterocycles. The molecule has 0 bridgehead atoms. The number of nitrogens with zero attached hydrogens (tertiary/aromatic N) is 1. The third kappa shape index (κ3) is 3.04. The number of H-pyrrole nitrogens is 1. The van der Waals surface area contributed by atoms with Gasteiger partial charge in [-0.3, -0.25) is 4.79 Å². The number of imidazole rings is 1. The Balaban J connectivity index is 1.61. The SMILES string of the molecule is O=C(Nc1ccc2nc(-c3ccccc3)[nH]c2c1)c1ccc(F)c(F)c1. The van der Waals surface area contributed by atoms with Gasteiger partial charge in [0.05, 0.1) is 11.0 Å². The van der Waals surface area contributed by atoms with Gasteiger partial charge in [0.2, 0.25) is 0 Å². The standard InChI is InChI=1S/C20H13F2N3O/c21-15-8-6-13(10-16(15)22)20(26)23-14-7-9-17-18(11-14)25-19(24-17)12-4-2-1-3-5-12/h1-11H,(H,23,26)(H,24,25). The average molecular weight is 349 g/mol. The van der Waals surface area contributed by atoms with E-state index in [-0.39, 0.29) is 5.56 Å². The van der Waals surface area contributed by atoms with E-state index in [0.717, 1.165) is 34.6 Å². The van der Waals surface area contributed by atoms with Crippen LogP contribution in [0.25, 0.3) is 22.4 Å². The summed E-state index contributed by atoms with van der Waals surface area (Å²) in [5, 5.41) is 2.67. The molecule has 4 nitrogen and oxygen atoms in total. The van der Waals surface area contributed by atoms with Gasteiger partial charge in [0, 0.05) is 16.8 Å². The van der Waals surface area contributed by atoms with E-state index in [1.165, 1.54) is 6.07 Å². The van der Waals surface area contributed by atoms with Crippen LogP contribution in [-0.4, -0.2) is 15.9 Å². The number of aromatic amines is 1. The molecule has 1 aromatic heterocycles. The third-order valence-corrected chi connectivity index (χ3v) is 3.97. The van der Waals surface area contributed by atoms with Gasteiger partial charge in [0.25, 0.3) is 5.91 Å². The monoisotopic (exact) mass is 349 g/mol. The fourth-order valence-electron chi connectivity index (χ4n) is 2.66. The zero-order chi connectivity index (χ0) is 18.1. The number of carbonyl (C=O) groups is 1. The summed E-state index contributed by atoms with van der Waals surface area (Å²) >= 11 is 0. The van der Waals surface area contributed by atoms with Crippen LogP contribution in [0.15, 0.2) is 66.7 Å². The number of nitrogens with one attached hydrogen (secondary N) is 2. The number of hydrogen-bond acceptors (Lipinski definition) is 2. The van der Waals surface area contributed by atoms with E-state index in [0.29, 0.717) is 5.69 Å². The molecule has 0 atom stereocenters. The molecule has 3 aromatic carbocycles. The van der Waals surface area contributed by atoms with Gasteiger partial charge in [-0.2, -0.15) is 0 Å². The highest BCUT2D eigenvalue weighted by Gasteiger charge is 2.11. The minimum absolute atomic E-state index is 0.0404. The normalized spacial score (nSPS) is 10.8. The van der Waals surface area contributed by atoms with Crippen molar-refractivity contribution in [2.24, 2.45) is 0 Å². The van der Waals surface area contributed by atoms with Crippen LogP contribution in [0.5, 0.6) is 0 Å². The molecule has 0 aliphatic carbocycles. The van der Waals surface area contributed by atoms with Gasteiger partial charge in [-0.05, 0) is 36.4 Å².